The van der Waals surface area contributed by atoms with Gasteiger partial charge in [-0.05, 0) is 43.5 Å². The SMILES string of the molecule is Cc1ccc(F)cc1C1=NN(C(=O)C2CCCC2)C2(CCOc3ccccc32)S1. The maximum absolute atomic E-state index is 14.0. The highest BCUT2D eigenvalue weighted by atomic mass is 32.2. The fourth-order valence-corrected chi connectivity index (χ4v) is 6.03. The summed E-state index contributed by atoms with van der Waals surface area (Å²) in [6.45, 7) is 2.47. The fourth-order valence-electron chi connectivity index (χ4n) is 4.58. The number of aryl methyl sites for hydroxylation is 1. The normalized spacial score (nSPS) is 23.8. The zero-order valence-electron chi connectivity index (χ0n) is 16.4. The van der Waals surface area contributed by atoms with E-state index in [4.69, 9.17) is 9.84 Å². The standard InChI is InChI=1S/C23H23FN2O2S/c1-15-10-11-17(24)14-18(15)21-25-26(22(27)16-6-2-3-7-16)23(29-21)12-13-28-20-9-5-4-8-19(20)23/h4-5,8-11,14,16H,2-3,6-7,12-13H2,1H3. The second kappa shape index (κ2) is 7.17. The molecule has 150 valence electrons. The topological polar surface area (TPSA) is 41.9 Å². The molecule has 2 heterocycles. The van der Waals surface area contributed by atoms with Gasteiger partial charge in [-0.15, -0.1) is 0 Å². The Balaban J connectivity index is 1.63. The van der Waals surface area contributed by atoms with E-state index in [9.17, 15) is 9.18 Å². The van der Waals surface area contributed by atoms with Crippen molar-refractivity contribution in [3.8, 4) is 5.75 Å². The van der Waals surface area contributed by atoms with Crippen molar-refractivity contribution < 1.29 is 13.9 Å². The van der Waals surface area contributed by atoms with E-state index in [1.54, 1.807) is 22.8 Å². The molecule has 6 heteroatoms. The van der Waals surface area contributed by atoms with Crippen LogP contribution in [0.15, 0.2) is 47.6 Å². The number of benzene rings is 2. The van der Waals surface area contributed by atoms with Crippen LogP contribution in [-0.4, -0.2) is 22.6 Å². The van der Waals surface area contributed by atoms with Crippen molar-refractivity contribution in [1.82, 2.24) is 5.01 Å². The Morgan fingerprint density at radius 1 is 1.24 bits per heavy atom. The van der Waals surface area contributed by atoms with Crippen LogP contribution in [0.5, 0.6) is 5.75 Å². The monoisotopic (exact) mass is 410 g/mol. The molecule has 1 aliphatic carbocycles. The summed E-state index contributed by atoms with van der Waals surface area (Å²) in [6.07, 6.45) is 4.65. The Morgan fingerprint density at radius 2 is 2.03 bits per heavy atom. The molecule has 0 radical (unpaired) electrons. The molecular weight excluding hydrogens is 387 g/mol. The third kappa shape index (κ3) is 3.05. The lowest BCUT2D eigenvalue weighted by atomic mass is 9.97. The van der Waals surface area contributed by atoms with E-state index in [-0.39, 0.29) is 17.6 Å². The molecule has 0 N–H and O–H groups in total. The van der Waals surface area contributed by atoms with Crippen molar-refractivity contribution in [2.75, 3.05) is 6.61 Å². The highest BCUT2D eigenvalue weighted by Gasteiger charge is 2.52. The van der Waals surface area contributed by atoms with Crippen LogP contribution >= 0.6 is 11.8 Å². The van der Waals surface area contributed by atoms with E-state index < -0.39 is 4.87 Å². The van der Waals surface area contributed by atoms with Gasteiger partial charge in [-0.3, -0.25) is 4.79 Å². The molecule has 3 aliphatic rings. The van der Waals surface area contributed by atoms with E-state index in [0.29, 0.717) is 18.1 Å². The van der Waals surface area contributed by atoms with Crippen LogP contribution < -0.4 is 4.74 Å². The van der Waals surface area contributed by atoms with Crippen LogP contribution in [0.3, 0.4) is 0 Å². The van der Waals surface area contributed by atoms with Gasteiger partial charge < -0.3 is 4.74 Å². The van der Waals surface area contributed by atoms with Gasteiger partial charge in [0, 0.05) is 23.5 Å². The predicted molar refractivity (Wildman–Crippen MR) is 112 cm³/mol. The fraction of sp³-hybridized carbons (Fsp3) is 0.391. The smallest absolute Gasteiger partial charge is 0.247 e. The summed E-state index contributed by atoms with van der Waals surface area (Å²) in [4.78, 5) is 12.9. The average Bonchev–Trinajstić information content (AvgIpc) is 3.39. The molecule has 1 amide bonds. The summed E-state index contributed by atoms with van der Waals surface area (Å²) in [7, 11) is 0. The van der Waals surface area contributed by atoms with Gasteiger partial charge in [0.1, 0.15) is 21.5 Å². The Morgan fingerprint density at radius 3 is 2.86 bits per heavy atom. The van der Waals surface area contributed by atoms with Gasteiger partial charge in [-0.25, -0.2) is 9.40 Å². The number of hydrogen-bond donors (Lipinski definition) is 0. The third-order valence-corrected chi connectivity index (χ3v) is 7.58. The number of amides is 1. The van der Waals surface area contributed by atoms with Crippen LogP contribution in [0, 0.1) is 18.7 Å². The molecule has 2 aromatic carbocycles. The van der Waals surface area contributed by atoms with Crippen LogP contribution in [0.25, 0.3) is 0 Å². The quantitative estimate of drug-likeness (QED) is 0.684. The van der Waals surface area contributed by atoms with E-state index in [0.717, 1.165) is 48.1 Å². The van der Waals surface area contributed by atoms with Crippen molar-refractivity contribution in [3.05, 3.63) is 65.0 Å². The van der Waals surface area contributed by atoms with Crippen molar-refractivity contribution in [2.24, 2.45) is 11.0 Å². The van der Waals surface area contributed by atoms with E-state index in [2.05, 4.69) is 0 Å². The summed E-state index contributed by atoms with van der Waals surface area (Å²) in [5.41, 5.74) is 2.67. The van der Waals surface area contributed by atoms with Gasteiger partial charge >= 0.3 is 0 Å². The lowest BCUT2D eigenvalue weighted by Gasteiger charge is -2.40. The van der Waals surface area contributed by atoms with Gasteiger partial charge in [0.25, 0.3) is 0 Å². The first kappa shape index (κ1) is 18.7. The zero-order valence-corrected chi connectivity index (χ0v) is 17.2. The van der Waals surface area contributed by atoms with Crippen molar-refractivity contribution in [3.63, 3.8) is 0 Å². The summed E-state index contributed by atoms with van der Waals surface area (Å²) >= 11 is 1.56. The number of thioether (sulfide) groups is 1. The first-order valence-electron chi connectivity index (χ1n) is 10.2. The van der Waals surface area contributed by atoms with Gasteiger partial charge in [-0.2, -0.15) is 5.10 Å². The molecule has 0 saturated heterocycles. The summed E-state index contributed by atoms with van der Waals surface area (Å²) in [6, 6.07) is 12.6. The van der Waals surface area contributed by atoms with Crippen LogP contribution in [-0.2, 0) is 9.67 Å². The molecule has 1 atom stereocenters. The van der Waals surface area contributed by atoms with Crippen LogP contribution in [0.4, 0.5) is 4.39 Å². The Hall–Kier alpha value is -2.34. The van der Waals surface area contributed by atoms with E-state index in [1.165, 1.54) is 12.1 Å². The largest absolute Gasteiger partial charge is 0.493 e. The first-order chi connectivity index (χ1) is 14.1. The van der Waals surface area contributed by atoms with Crippen molar-refractivity contribution in [1.29, 1.82) is 0 Å². The number of fused-ring (bicyclic) bond motifs is 2. The summed E-state index contributed by atoms with van der Waals surface area (Å²) in [5, 5.41) is 7.22. The summed E-state index contributed by atoms with van der Waals surface area (Å²) in [5.74, 6) is 0.591. The molecule has 5 rings (SSSR count). The lowest BCUT2D eigenvalue weighted by molar-refractivity contribution is -0.139. The van der Waals surface area contributed by atoms with Crippen LogP contribution in [0.2, 0.25) is 0 Å². The molecule has 2 aliphatic heterocycles. The van der Waals surface area contributed by atoms with Crippen molar-refractivity contribution >= 4 is 22.7 Å². The Kier molecular flexibility index (Phi) is 4.62. The molecule has 1 spiro atoms. The number of hydrogen-bond acceptors (Lipinski definition) is 4. The number of rotatable bonds is 2. The number of para-hydroxylation sites is 1. The van der Waals surface area contributed by atoms with Crippen molar-refractivity contribution in [2.45, 2.75) is 43.9 Å². The van der Waals surface area contributed by atoms with Crippen LogP contribution in [0.1, 0.15) is 48.8 Å². The summed E-state index contributed by atoms with van der Waals surface area (Å²) < 4.78 is 19.9. The van der Waals surface area contributed by atoms with Gasteiger partial charge in [-0.1, -0.05) is 48.9 Å². The average molecular weight is 411 g/mol. The molecule has 0 bridgehead atoms. The minimum absolute atomic E-state index is 0.0131. The second-order valence-electron chi connectivity index (χ2n) is 7.98. The van der Waals surface area contributed by atoms with Gasteiger partial charge in [0.2, 0.25) is 5.91 Å². The number of nitrogens with zero attached hydrogens (tertiary/aromatic N) is 2. The highest BCUT2D eigenvalue weighted by Crippen LogP contribution is 2.55. The minimum atomic E-state index is -0.636. The third-order valence-electron chi connectivity index (χ3n) is 6.15. The molecule has 2 aromatic rings. The molecule has 1 fully saturated rings. The van der Waals surface area contributed by atoms with Gasteiger partial charge in [0.15, 0.2) is 0 Å². The molecular formula is C23H23FN2O2S. The lowest BCUT2D eigenvalue weighted by Crippen LogP contribution is -2.46. The molecule has 0 aromatic heterocycles. The highest BCUT2D eigenvalue weighted by molar-refractivity contribution is 8.15. The maximum Gasteiger partial charge on any atom is 0.247 e. The Labute approximate surface area is 174 Å². The molecule has 1 saturated carbocycles. The maximum atomic E-state index is 14.0. The zero-order chi connectivity index (χ0) is 20.0. The van der Waals surface area contributed by atoms with E-state index >= 15 is 0 Å². The molecule has 1 unspecified atom stereocenters. The first-order valence-corrected chi connectivity index (χ1v) is 11.0. The number of ether oxygens (including phenoxy) is 1. The molecule has 29 heavy (non-hydrogen) atoms. The molecule has 4 nitrogen and oxygen atoms in total. The second-order valence-corrected chi connectivity index (χ2v) is 9.24. The van der Waals surface area contributed by atoms with E-state index in [1.807, 2.05) is 31.2 Å². The Bertz CT molecular complexity index is 1000. The minimum Gasteiger partial charge on any atom is -0.493 e. The number of carbonyl (C=O) groups excluding carboxylic acids is 1. The number of halogens is 1. The number of hydrazone groups is 1. The van der Waals surface area contributed by atoms with Gasteiger partial charge in [0.05, 0.1) is 6.61 Å². The predicted octanol–water partition coefficient (Wildman–Crippen LogP) is 5.20. The number of carbonyl (C=O) groups is 1.